The predicted molar refractivity (Wildman–Crippen MR) is 84.0 cm³/mol. The topological polar surface area (TPSA) is 50.4 Å². The first-order valence-electron chi connectivity index (χ1n) is 6.32. The van der Waals surface area contributed by atoms with Crippen LogP contribution in [-0.4, -0.2) is 12.5 Å². The van der Waals surface area contributed by atoms with Crippen LogP contribution in [0.15, 0.2) is 46.8 Å². The number of thiophene rings is 1. The Labute approximate surface area is 118 Å². The summed E-state index contributed by atoms with van der Waals surface area (Å²) in [7, 11) is 0. The molecular formula is C15H19N3S. The SMILES string of the molecule is Cc1ccc(NC(N)=NCC(C)c2cccs2)cc1. The molecule has 2 rings (SSSR count). The predicted octanol–water partition coefficient (Wildman–Crippen LogP) is 3.59. The maximum Gasteiger partial charge on any atom is 0.193 e. The minimum absolute atomic E-state index is 0.401. The van der Waals surface area contributed by atoms with Gasteiger partial charge in [-0.05, 0) is 30.5 Å². The minimum Gasteiger partial charge on any atom is -0.370 e. The first kappa shape index (κ1) is 13.6. The molecule has 0 bridgehead atoms. The van der Waals surface area contributed by atoms with E-state index in [1.807, 2.05) is 24.3 Å². The van der Waals surface area contributed by atoms with E-state index in [1.165, 1.54) is 10.4 Å². The van der Waals surface area contributed by atoms with E-state index in [0.717, 1.165) is 5.69 Å². The number of hydrogen-bond acceptors (Lipinski definition) is 2. The summed E-state index contributed by atoms with van der Waals surface area (Å²) in [6, 6.07) is 12.3. The number of hydrogen-bond donors (Lipinski definition) is 2. The van der Waals surface area contributed by atoms with E-state index in [0.29, 0.717) is 18.4 Å². The molecule has 0 aliphatic carbocycles. The van der Waals surface area contributed by atoms with Gasteiger partial charge in [-0.1, -0.05) is 30.7 Å². The van der Waals surface area contributed by atoms with Crippen molar-refractivity contribution < 1.29 is 0 Å². The van der Waals surface area contributed by atoms with E-state index < -0.39 is 0 Å². The summed E-state index contributed by atoms with van der Waals surface area (Å²) in [4.78, 5) is 5.73. The molecule has 1 atom stereocenters. The fourth-order valence-corrected chi connectivity index (χ4v) is 2.50. The van der Waals surface area contributed by atoms with Crippen molar-refractivity contribution in [2.45, 2.75) is 19.8 Å². The molecule has 0 spiro atoms. The summed E-state index contributed by atoms with van der Waals surface area (Å²) in [5, 5.41) is 5.19. The smallest absolute Gasteiger partial charge is 0.193 e. The third-order valence-corrected chi connectivity index (χ3v) is 3.99. The fraction of sp³-hybridized carbons (Fsp3) is 0.267. The van der Waals surface area contributed by atoms with Crippen LogP contribution in [-0.2, 0) is 0 Å². The van der Waals surface area contributed by atoms with Gasteiger partial charge >= 0.3 is 0 Å². The number of rotatable bonds is 4. The number of nitrogens with one attached hydrogen (secondary N) is 1. The highest BCUT2D eigenvalue weighted by molar-refractivity contribution is 7.10. The largest absolute Gasteiger partial charge is 0.370 e. The molecule has 3 N–H and O–H groups in total. The van der Waals surface area contributed by atoms with Crippen molar-refractivity contribution >= 4 is 23.0 Å². The average Bonchev–Trinajstić information content (AvgIpc) is 2.93. The van der Waals surface area contributed by atoms with Crippen LogP contribution in [0.3, 0.4) is 0 Å². The van der Waals surface area contributed by atoms with Crippen LogP contribution in [0, 0.1) is 6.92 Å². The zero-order chi connectivity index (χ0) is 13.7. The maximum absolute atomic E-state index is 5.89. The molecule has 2 aromatic rings. The summed E-state index contributed by atoms with van der Waals surface area (Å²) < 4.78 is 0. The summed E-state index contributed by atoms with van der Waals surface area (Å²) in [6.45, 7) is 4.92. The molecule has 0 aliphatic heterocycles. The van der Waals surface area contributed by atoms with Crippen LogP contribution in [0.2, 0.25) is 0 Å². The fourth-order valence-electron chi connectivity index (χ4n) is 1.72. The van der Waals surface area contributed by atoms with Gasteiger partial charge < -0.3 is 11.1 Å². The molecule has 0 saturated carbocycles. The van der Waals surface area contributed by atoms with E-state index >= 15 is 0 Å². The van der Waals surface area contributed by atoms with Gasteiger partial charge in [0.15, 0.2) is 5.96 Å². The average molecular weight is 273 g/mol. The Bertz CT molecular complexity index is 529. The van der Waals surface area contributed by atoms with Crippen molar-refractivity contribution in [1.82, 2.24) is 0 Å². The van der Waals surface area contributed by atoms with Gasteiger partial charge in [0.1, 0.15) is 0 Å². The van der Waals surface area contributed by atoms with E-state index in [4.69, 9.17) is 5.73 Å². The molecule has 1 unspecified atom stereocenters. The number of aliphatic imine (C=N–C) groups is 1. The Morgan fingerprint density at radius 2 is 2.05 bits per heavy atom. The number of aryl methyl sites for hydroxylation is 1. The Morgan fingerprint density at radius 3 is 2.68 bits per heavy atom. The third-order valence-electron chi connectivity index (χ3n) is 2.89. The molecule has 0 fully saturated rings. The van der Waals surface area contributed by atoms with Crippen LogP contribution < -0.4 is 11.1 Å². The molecule has 100 valence electrons. The number of benzene rings is 1. The quantitative estimate of drug-likeness (QED) is 0.660. The maximum atomic E-state index is 5.89. The monoisotopic (exact) mass is 273 g/mol. The van der Waals surface area contributed by atoms with Crippen LogP contribution in [0.25, 0.3) is 0 Å². The molecular weight excluding hydrogens is 254 g/mol. The van der Waals surface area contributed by atoms with Gasteiger partial charge in [-0.15, -0.1) is 11.3 Å². The Kier molecular flexibility index (Phi) is 4.58. The molecule has 0 aliphatic rings. The van der Waals surface area contributed by atoms with Gasteiger partial charge in [-0.2, -0.15) is 0 Å². The zero-order valence-corrected chi connectivity index (χ0v) is 12.1. The Balaban J connectivity index is 1.90. The Morgan fingerprint density at radius 1 is 1.32 bits per heavy atom. The highest BCUT2D eigenvalue weighted by Gasteiger charge is 2.05. The van der Waals surface area contributed by atoms with Crippen molar-refractivity contribution in [3.8, 4) is 0 Å². The van der Waals surface area contributed by atoms with Crippen molar-refractivity contribution in [2.24, 2.45) is 10.7 Å². The highest BCUT2D eigenvalue weighted by Crippen LogP contribution is 2.20. The summed E-state index contributed by atoms with van der Waals surface area (Å²) in [5.41, 5.74) is 8.08. The van der Waals surface area contributed by atoms with Gasteiger partial charge in [-0.3, -0.25) is 4.99 Å². The summed E-state index contributed by atoms with van der Waals surface area (Å²) in [6.07, 6.45) is 0. The van der Waals surface area contributed by atoms with Crippen LogP contribution in [0.5, 0.6) is 0 Å². The van der Waals surface area contributed by atoms with Crippen LogP contribution in [0.4, 0.5) is 5.69 Å². The Hall–Kier alpha value is -1.81. The van der Waals surface area contributed by atoms with Gasteiger partial charge in [0.2, 0.25) is 0 Å². The number of guanidine groups is 1. The van der Waals surface area contributed by atoms with E-state index in [9.17, 15) is 0 Å². The van der Waals surface area contributed by atoms with Crippen molar-refractivity contribution in [2.75, 3.05) is 11.9 Å². The lowest BCUT2D eigenvalue weighted by molar-refractivity contribution is 0.790. The molecule has 19 heavy (non-hydrogen) atoms. The van der Waals surface area contributed by atoms with Crippen LogP contribution in [0.1, 0.15) is 23.3 Å². The van der Waals surface area contributed by atoms with E-state index in [1.54, 1.807) is 11.3 Å². The van der Waals surface area contributed by atoms with E-state index in [2.05, 4.69) is 41.7 Å². The zero-order valence-electron chi connectivity index (χ0n) is 11.3. The lowest BCUT2D eigenvalue weighted by Gasteiger charge is -2.08. The van der Waals surface area contributed by atoms with Gasteiger partial charge in [0.25, 0.3) is 0 Å². The van der Waals surface area contributed by atoms with Gasteiger partial charge in [-0.25, -0.2) is 0 Å². The first-order valence-corrected chi connectivity index (χ1v) is 7.20. The molecule has 0 amide bonds. The normalized spacial score (nSPS) is 13.3. The van der Waals surface area contributed by atoms with Gasteiger partial charge in [0, 0.05) is 16.5 Å². The highest BCUT2D eigenvalue weighted by atomic mass is 32.1. The molecule has 4 heteroatoms. The lowest BCUT2D eigenvalue weighted by atomic mass is 10.1. The van der Waals surface area contributed by atoms with Gasteiger partial charge in [0.05, 0.1) is 6.54 Å². The molecule has 3 nitrogen and oxygen atoms in total. The molecule has 0 radical (unpaired) electrons. The lowest BCUT2D eigenvalue weighted by Crippen LogP contribution is -2.23. The third kappa shape index (κ3) is 4.10. The van der Waals surface area contributed by atoms with Crippen LogP contribution >= 0.6 is 11.3 Å². The number of anilines is 1. The molecule has 1 heterocycles. The molecule has 0 saturated heterocycles. The minimum atomic E-state index is 0.401. The number of nitrogens with two attached hydrogens (primary N) is 1. The molecule has 1 aromatic heterocycles. The molecule has 1 aromatic carbocycles. The number of nitrogens with zero attached hydrogens (tertiary/aromatic N) is 1. The van der Waals surface area contributed by atoms with Crippen molar-refractivity contribution in [1.29, 1.82) is 0 Å². The second-order valence-electron chi connectivity index (χ2n) is 4.63. The second-order valence-corrected chi connectivity index (χ2v) is 5.61. The van der Waals surface area contributed by atoms with Crippen molar-refractivity contribution in [3.05, 3.63) is 52.2 Å². The van der Waals surface area contributed by atoms with Crippen molar-refractivity contribution in [3.63, 3.8) is 0 Å². The summed E-state index contributed by atoms with van der Waals surface area (Å²) >= 11 is 1.76. The standard InChI is InChI=1S/C15H19N3S/c1-11-5-7-13(8-6-11)18-15(16)17-10-12(2)14-4-3-9-19-14/h3-9,12H,10H2,1-2H3,(H3,16,17,18). The van der Waals surface area contributed by atoms with E-state index in [-0.39, 0.29) is 0 Å². The first-order chi connectivity index (χ1) is 9.15. The summed E-state index contributed by atoms with van der Waals surface area (Å²) in [5.74, 6) is 0.866. The second kappa shape index (κ2) is 6.38.